The molecule has 1 fully saturated rings. The second kappa shape index (κ2) is 5.35. The van der Waals surface area contributed by atoms with Gasteiger partial charge < -0.3 is 10.6 Å². The lowest BCUT2D eigenvalue weighted by Gasteiger charge is -2.37. The van der Waals surface area contributed by atoms with Gasteiger partial charge in [0.1, 0.15) is 0 Å². The summed E-state index contributed by atoms with van der Waals surface area (Å²) in [5.74, 6) is 0.470. The van der Waals surface area contributed by atoms with E-state index in [1.54, 1.807) is 12.1 Å². The third kappa shape index (κ3) is 2.61. The molecule has 2 atom stereocenters. The predicted octanol–water partition coefficient (Wildman–Crippen LogP) is 2.16. The summed E-state index contributed by atoms with van der Waals surface area (Å²) in [4.78, 5) is 12.6. The number of nitro groups is 1. The van der Waals surface area contributed by atoms with Crippen LogP contribution in [0.4, 0.5) is 11.4 Å². The lowest BCUT2D eigenvalue weighted by atomic mass is 9.90. The fourth-order valence-corrected chi connectivity index (χ4v) is 2.52. The van der Waals surface area contributed by atoms with E-state index < -0.39 is 0 Å². The zero-order chi connectivity index (χ0) is 13.1. The summed E-state index contributed by atoms with van der Waals surface area (Å²) < 4.78 is 0. The van der Waals surface area contributed by atoms with Crippen LogP contribution in [0.1, 0.15) is 19.8 Å². The Morgan fingerprint density at radius 1 is 1.56 bits per heavy atom. The topological polar surface area (TPSA) is 72.4 Å². The van der Waals surface area contributed by atoms with E-state index in [2.05, 4.69) is 11.8 Å². The summed E-state index contributed by atoms with van der Waals surface area (Å²) >= 11 is 0. The van der Waals surface area contributed by atoms with Crippen molar-refractivity contribution in [2.24, 2.45) is 11.7 Å². The first kappa shape index (κ1) is 12.8. The van der Waals surface area contributed by atoms with Gasteiger partial charge in [-0.25, -0.2) is 0 Å². The van der Waals surface area contributed by atoms with Crippen molar-refractivity contribution in [1.82, 2.24) is 0 Å². The first-order valence-electron chi connectivity index (χ1n) is 6.36. The number of hydrogen-bond acceptors (Lipinski definition) is 4. The maximum atomic E-state index is 10.8. The van der Waals surface area contributed by atoms with E-state index in [-0.39, 0.29) is 16.7 Å². The molecular weight excluding hydrogens is 230 g/mol. The van der Waals surface area contributed by atoms with Crippen LogP contribution in [0, 0.1) is 16.0 Å². The number of nitrogens with zero attached hydrogens (tertiary/aromatic N) is 2. The standard InChI is InChI=1S/C13H19N3O2/c1-2-10-9-15(7-6-13(10)14)11-4-3-5-12(8-11)16(17)18/h3-5,8,10,13H,2,6-7,9,14H2,1H3. The fourth-order valence-electron chi connectivity index (χ4n) is 2.52. The van der Waals surface area contributed by atoms with Crippen LogP contribution in [0.25, 0.3) is 0 Å². The average Bonchev–Trinajstić information content (AvgIpc) is 2.39. The van der Waals surface area contributed by atoms with Crippen LogP contribution in [-0.4, -0.2) is 24.1 Å². The molecule has 98 valence electrons. The van der Waals surface area contributed by atoms with Crippen molar-refractivity contribution < 1.29 is 4.92 Å². The Morgan fingerprint density at radius 3 is 3.00 bits per heavy atom. The molecule has 1 aliphatic heterocycles. The number of piperidine rings is 1. The fraction of sp³-hybridized carbons (Fsp3) is 0.538. The van der Waals surface area contributed by atoms with Crippen molar-refractivity contribution in [3.05, 3.63) is 34.4 Å². The molecule has 2 rings (SSSR count). The van der Waals surface area contributed by atoms with Crippen molar-refractivity contribution in [3.8, 4) is 0 Å². The van der Waals surface area contributed by atoms with Crippen LogP contribution in [0.3, 0.4) is 0 Å². The Morgan fingerprint density at radius 2 is 2.33 bits per heavy atom. The summed E-state index contributed by atoms with van der Waals surface area (Å²) in [5.41, 5.74) is 7.15. The predicted molar refractivity (Wildman–Crippen MR) is 71.7 cm³/mol. The van der Waals surface area contributed by atoms with Gasteiger partial charge in [0.25, 0.3) is 5.69 Å². The minimum atomic E-state index is -0.351. The number of non-ortho nitro benzene ring substituents is 1. The van der Waals surface area contributed by atoms with Gasteiger partial charge in [-0.1, -0.05) is 19.4 Å². The first-order chi connectivity index (χ1) is 8.61. The Kier molecular flexibility index (Phi) is 3.81. The van der Waals surface area contributed by atoms with Crippen LogP contribution in [0.2, 0.25) is 0 Å². The molecule has 0 aliphatic carbocycles. The lowest BCUT2D eigenvalue weighted by Crippen LogP contribution is -2.46. The zero-order valence-corrected chi connectivity index (χ0v) is 10.6. The van der Waals surface area contributed by atoms with Gasteiger partial charge in [0.15, 0.2) is 0 Å². The van der Waals surface area contributed by atoms with E-state index in [0.29, 0.717) is 5.92 Å². The van der Waals surface area contributed by atoms with Gasteiger partial charge in [-0.05, 0) is 18.4 Å². The van der Waals surface area contributed by atoms with Gasteiger partial charge >= 0.3 is 0 Å². The highest BCUT2D eigenvalue weighted by atomic mass is 16.6. The Balaban J connectivity index is 2.16. The monoisotopic (exact) mass is 249 g/mol. The molecule has 1 aromatic rings. The smallest absolute Gasteiger partial charge is 0.271 e. The van der Waals surface area contributed by atoms with E-state index in [1.165, 1.54) is 6.07 Å². The van der Waals surface area contributed by atoms with Crippen LogP contribution < -0.4 is 10.6 Å². The largest absolute Gasteiger partial charge is 0.371 e. The van der Waals surface area contributed by atoms with Gasteiger partial charge in [0.05, 0.1) is 4.92 Å². The molecule has 18 heavy (non-hydrogen) atoms. The minimum absolute atomic E-state index is 0.149. The summed E-state index contributed by atoms with van der Waals surface area (Å²) in [5, 5.41) is 10.8. The molecule has 1 saturated heterocycles. The van der Waals surface area contributed by atoms with Crippen molar-refractivity contribution in [2.75, 3.05) is 18.0 Å². The van der Waals surface area contributed by atoms with Gasteiger partial charge in [-0.3, -0.25) is 10.1 Å². The van der Waals surface area contributed by atoms with E-state index in [0.717, 1.165) is 31.6 Å². The molecule has 1 aromatic carbocycles. The zero-order valence-electron chi connectivity index (χ0n) is 10.6. The SMILES string of the molecule is CCC1CN(c2cccc([N+](=O)[O-])c2)CCC1N. The normalized spacial score (nSPS) is 24.0. The van der Waals surface area contributed by atoms with Gasteiger partial charge in [0, 0.05) is 37.0 Å². The van der Waals surface area contributed by atoms with Crippen molar-refractivity contribution in [2.45, 2.75) is 25.8 Å². The molecule has 5 heteroatoms. The molecule has 0 aromatic heterocycles. The van der Waals surface area contributed by atoms with E-state index in [4.69, 9.17) is 5.73 Å². The molecule has 0 saturated carbocycles. The molecule has 0 bridgehead atoms. The maximum Gasteiger partial charge on any atom is 0.271 e. The quantitative estimate of drug-likeness (QED) is 0.658. The molecular formula is C13H19N3O2. The summed E-state index contributed by atoms with van der Waals surface area (Å²) in [7, 11) is 0. The number of benzene rings is 1. The highest BCUT2D eigenvalue weighted by Crippen LogP contribution is 2.26. The molecule has 0 radical (unpaired) electrons. The summed E-state index contributed by atoms with van der Waals surface area (Å²) in [6.07, 6.45) is 1.99. The van der Waals surface area contributed by atoms with Gasteiger partial charge in [0.2, 0.25) is 0 Å². The molecule has 2 N–H and O–H groups in total. The number of anilines is 1. The number of nitro benzene ring substituents is 1. The molecule has 1 aliphatic rings. The molecule has 2 unspecified atom stereocenters. The Bertz CT molecular complexity index is 436. The number of nitrogens with two attached hydrogens (primary N) is 1. The summed E-state index contributed by atoms with van der Waals surface area (Å²) in [6.45, 7) is 3.90. The average molecular weight is 249 g/mol. The lowest BCUT2D eigenvalue weighted by molar-refractivity contribution is -0.384. The van der Waals surface area contributed by atoms with Crippen molar-refractivity contribution >= 4 is 11.4 Å². The molecule has 1 heterocycles. The number of hydrogen-bond donors (Lipinski definition) is 1. The summed E-state index contributed by atoms with van der Waals surface area (Å²) in [6, 6.07) is 7.09. The Hall–Kier alpha value is -1.62. The van der Waals surface area contributed by atoms with Gasteiger partial charge in [-0.15, -0.1) is 0 Å². The van der Waals surface area contributed by atoms with E-state index >= 15 is 0 Å². The molecule has 5 nitrogen and oxygen atoms in total. The minimum Gasteiger partial charge on any atom is -0.371 e. The third-order valence-corrected chi connectivity index (χ3v) is 3.72. The highest BCUT2D eigenvalue weighted by Gasteiger charge is 2.25. The second-order valence-electron chi connectivity index (χ2n) is 4.84. The van der Waals surface area contributed by atoms with Crippen LogP contribution in [0.5, 0.6) is 0 Å². The van der Waals surface area contributed by atoms with Gasteiger partial charge in [-0.2, -0.15) is 0 Å². The van der Waals surface area contributed by atoms with Crippen molar-refractivity contribution in [3.63, 3.8) is 0 Å². The Labute approximate surface area is 107 Å². The van der Waals surface area contributed by atoms with E-state index in [9.17, 15) is 10.1 Å². The van der Waals surface area contributed by atoms with Crippen LogP contribution in [0.15, 0.2) is 24.3 Å². The molecule has 0 spiro atoms. The third-order valence-electron chi connectivity index (χ3n) is 3.72. The highest BCUT2D eigenvalue weighted by molar-refractivity contribution is 5.53. The van der Waals surface area contributed by atoms with Crippen LogP contribution in [-0.2, 0) is 0 Å². The maximum absolute atomic E-state index is 10.8. The van der Waals surface area contributed by atoms with E-state index in [1.807, 2.05) is 6.07 Å². The van der Waals surface area contributed by atoms with Crippen molar-refractivity contribution in [1.29, 1.82) is 0 Å². The number of rotatable bonds is 3. The molecule has 0 amide bonds. The van der Waals surface area contributed by atoms with Crippen LogP contribution >= 0.6 is 0 Å². The second-order valence-corrected chi connectivity index (χ2v) is 4.84. The first-order valence-corrected chi connectivity index (χ1v) is 6.36.